The molecule has 0 saturated carbocycles. The SMILES string of the molecule is O=C1C=CC=CC1C1COC1. The van der Waals surface area contributed by atoms with Crippen LogP contribution in [0.5, 0.6) is 0 Å². The minimum Gasteiger partial charge on any atom is -0.381 e. The third-order valence-electron chi connectivity index (χ3n) is 2.19. The van der Waals surface area contributed by atoms with Gasteiger partial charge in [-0.3, -0.25) is 4.79 Å². The second-order valence-electron chi connectivity index (χ2n) is 2.97. The predicted molar refractivity (Wildman–Crippen MR) is 41.1 cm³/mol. The maximum absolute atomic E-state index is 11.2. The van der Waals surface area contributed by atoms with Gasteiger partial charge in [0, 0.05) is 11.8 Å². The van der Waals surface area contributed by atoms with E-state index in [1.54, 1.807) is 12.2 Å². The second-order valence-corrected chi connectivity index (χ2v) is 2.97. The molecule has 58 valence electrons. The summed E-state index contributed by atoms with van der Waals surface area (Å²) in [5.74, 6) is 0.748. The van der Waals surface area contributed by atoms with Crippen molar-refractivity contribution in [3.63, 3.8) is 0 Å². The van der Waals surface area contributed by atoms with Gasteiger partial charge in [0.1, 0.15) is 0 Å². The number of rotatable bonds is 1. The van der Waals surface area contributed by atoms with Crippen LogP contribution >= 0.6 is 0 Å². The summed E-state index contributed by atoms with van der Waals surface area (Å²) in [6.07, 6.45) is 7.33. The Morgan fingerprint density at radius 1 is 1.36 bits per heavy atom. The fourth-order valence-corrected chi connectivity index (χ4v) is 1.39. The van der Waals surface area contributed by atoms with Crippen molar-refractivity contribution in [2.75, 3.05) is 13.2 Å². The molecule has 1 aliphatic heterocycles. The van der Waals surface area contributed by atoms with E-state index in [0.29, 0.717) is 5.92 Å². The van der Waals surface area contributed by atoms with E-state index in [4.69, 9.17) is 4.74 Å². The summed E-state index contributed by atoms with van der Waals surface area (Å²) >= 11 is 0. The number of carbonyl (C=O) groups is 1. The highest BCUT2D eigenvalue weighted by molar-refractivity contribution is 5.94. The van der Waals surface area contributed by atoms with Crippen LogP contribution in [0, 0.1) is 11.8 Å². The smallest absolute Gasteiger partial charge is 0.162 e. The largest absolute Gasteiger partial charge is 0.381 e. The zero-order valence-electron chi connectivity index (χ0n) is 6.19. The molecule has 0 radical (unpaired) electrons. The summed E-state index contributed by atoms with van der Waals surface area (Å²) in [6, 6.07) is 0. The third kappa shape index (κ3) is 1.14. The lowest BCUT2D eigenvalue weighted by molar-refractivity contribution is -0.125. The van der Waals surface area contributed by atoms with Crippen LogP contribution in [0.1, 0.15) is 0 Å². The zero-order valence-corrected chi connectivity index (χ0v) is 6.19. The number of hydrogen-bond acceptors (Lipinski definition) is 2. The van der Waals surface area contributed by atoms with Crippen molar-refractivity contribution in [3.05, 3.63) is 24.3 Å². The summed E-state index contributed by atoms with van der Waals surface area (Å²) in [5, 5.41) is 0. The lowest BCUT2D eigenvalue weighted by Gasteiger charge is -2.31. The Morgan fingerprint density at radius 3 is 2.73 bits per heavy atom. The minimum atomic E-state index is 0.0914. The van der Waals surface area contributed by atoms with Crippen molar-refractivity contribution in [3.8, 4) is 0 Å². The fourth-order valence-electron chi connectivity index (χ4n) is 1.39. The maximum atomic E-state index is 11.2. The summed E-state index contributed by atoms with van der Waals surface area (Å²) < 4.78 is 5.03. The standard InChI is InChI=1S/C9H10O2/c10-9-4-2-1-3-8(9)7-5-11-6-7/h1-4,7-8H,5-6H2. The summed E-state index contributed by atoms with van der Waals surface area (Å²) in [6.45, 7) is 1.49. The first-order chi connectivity index (χ1) is 5.38. The predicted octanol–water partition coefficient (Wildman–Crippen LogP) is 0.944. The summed E-state index contributed by atoms with van der Waals surface area (Å²) in [4.78, 5) is 11.2. The van der Waals surface area contributed by atoms with Gasteiger partial charge in [0.25, 0.3) is 0 Å². The molecule has 0 aromatic carbocycles. The fraction of sp³-hybridized carbons (Fsp3) is 0.444. The Kier molecular flexibility index (Phi) is 1.62. The molecule has 0 aromatic heterocycles. The van der Waals surface area contributed by atoms with Crippen LogP contribution in [0.15, 0.2) is 24.3 Å². The maximum Gasteiger partial charge on any atom is 0.162 e. The Labute approximate surface area is 65.5 Å². The quantitative estimate of drug-likeness (QED) is 0.556. The van der Waals surface area contributed by atoms with Crippen LogP contribution in [0.3, 0.4) is 0 Å². The van der Waals surface area contributed by atoms with Crippen molar-refractivity contribution in [1.29, 1.82) is 0 Å². The molecule has 2 rings (SSSR count). The van der Waals surface area contributed by atoms with Crippen molar-refractivity contribution in [1.82, 2.24) is 0 Å². The molecule has 0 N–H and O–H groups in total. The van der Waals surface area contributed by atoms with Gasteiger partial charge in [-0.2, -0.15) is 0 Å². The van der Waals surface area contributed by atoms with Gasteiger partial charge in [-0.1, -0.05) is 18.2 Å². The molecule has 1 saturated heterocycles. The Morgan fingerprint density at radius 2 is 2.18 bits per heavy atom. The van der Waals surface area contributed by atoms with E-state index in [1.807, 2.05) is 12.2 Å². The van der Waals surface area contributed by atoms with E-state index in [-0.39, 0.29) is 11.7 Å². The Hall–Kier alpha value is -0.890. The number of hydrogen-bond donors (Lipinski definition) is 0. The van der Waals surface area contributed by atoms with Crippen LogP contribution in [-0.2, 0) is 9.53 Å². The topological polar surface area (TPSA) is 26.3 Å². The molecule has 0 aromatic rings. The molecule has 2 heteroatoms. The van der Waals surface area contributed by atoms with Crippen molar-refractivity contribution in [2.24, 2.45) is 11.8 Å². The molecule has 0 bridgehead atoms. The molecule has 0 amide bonds. The number of carbonyl (C=O) groups excluding carboxylic acids is 1. The van der Waals surface area contributed by atoms with E-state index in [2.05, 4.69) is 0 Å². The number of allylic oxidation sites excluding steroid dienone is 4. The van der Waals surface area contributed by atoms with Gasteiger partial charge >= 0.3 is 0 Å². The van der Waals surface area contributed by atoms with Crippen LogP contribution in [-0.4, -0.2) is 19.0 Å². The molecule has 2 aliphatic rings. The van der Waals surface area contributed by atoms with E-state index < -0.39 is 0 Å². The highest BCUT2D eigenvalue weighted by Gasteiger charge is 2.30. The van der Waals surface area contributed by atoms with Crippen LogP contribution in [0.25, 0.3) is 0 Å². The van der Waals surface area contributed by atoms with Crippen molar-refractivity contribution < 1.29 is 9.53 Å². The average molecular weight is 150 g/mol. The van der Waals surface area contributed by atoms with Crippen LogP contribution in [0.4, 0.5) is 0 Å². The van der Waals surface area contributed by atoms with Crippen molar-refractivity contribution >= 4 is 5.78 Å². The molecule has 1 fully saturated rings. The van der Waals surface area contributed by atoms with E-state index in [1.165, 1.54) is 0 Å². The third-order valence-corrected chi connectivity index (χ3v) is 2.19. The first-order valence-electron chi connectivity index (χ1n) is 3.84. The molecule has 2 nitrogen and oxygen atoms in total. The van der Waals surface area contributed by atoms with Crippen LogP contribution in [0.2, 0.25) is 0 Å². The summed E-state index contributed by atoms with van der Waals surface area (Å²) in [5.41, 5.74) is 0. The lowest BCUT2D eigenvalue weighted by atomic mass is 9.85. The molecule has 1 unspecified atom stereocenters. The van der Waals surface area contributed by atoms with Crippen LogP contribution < -0.4 is 0 Å². The first kappa shape index (κ1) is 6.80. The number of ketones is 1. The molecular formula is C9H10O2. The van der Waals surface area contributed by atoms with Gasteiger partial charge in [-0.25, -0.2) is 0 Å². The van der Waals surface area contributed by atoms with E-state index >= 15 is 0 Å². The van der Waals surface area contributed by atoms with Gasteiger partial charge in [-0.05, 0) is 6.08 Å². The molecule has 11 heavy (non-hydrogen) atoms. The van der Waals surface area contributed by atoms with Gasteiger partial charge in [-0.15, -0.1) is 0 Å². The van der Waals surface area contributed by atoms with Gasteiger partial charge in [0.15, 0.2) is 5.78 Å². The Balaban J connectivity index is 2.07. The van der Waals surface area contributed by atoms with Gasteiger partial charge in [0.2, 0.25) is 0 Å². The normalized spacial score (nSPS) is 30.5. The zero-order chi connectivity index (χ0) is 7.68. The highest BCUT2D eigenvalue weighted by atomic mass is 16.5. The second kappa shape index (κ2) is 2.62. The lowest BCUT2D eigenvalue weighted by Crippen LogP contribution is -2.37. The van der Waals surface area contributed by atoms with E-state index in [0.717, 1.165) is 13.2 Å². The van der Waals surface area contributed by atoms with E-state index in [9.17, 15) is 4.79 Å². The Bertz CT molecular complexity index is 224. The monoisotopic (exact) mass is 150 g/mol. The molecule has 1 atom stereocenters. The molecule has 1 heterocycles. The number of ether oxygens (including phenoxy) is 1. The van der Waals surface area contributed by atoms with Gasteiger partial charge in [0.05, 0.1) is 13.2 Å². The molecule has 0 spiro atoms. The minimum absolute atomic E-state index is 0.0914. The van der Waals surface area contributed by atoms with Crippen molar-refractivity contribution in [2.45, 2.75) is 0 Å². The average Bonchev–Trinajstić information content (AvgIpc) is 1.90. The summed E-state index contributed by atoms with van der Waals surface area (Å²) in [7, 11) is 0. The first-order valence-corrected chi connectivity index (χ1v) is 3.84. The molecule has 1 aliphatic carbocycles. The van der Waals surface area contributed by atoms with Gasteiger partial charge < -0.3 is 4.74 Å². The highest BCUT2D eigenvalue weighted by Crippen LogP contribution is 2.24. The molecular weight excluding hydrogens is 140 g/mol.